The van der Waals surface area contributed by atoms with Crippen LogP contribution in [0.4, 0.5) is 10.1 Å². The molecule has 2 N–H and O–H groups in total. The van der Waals surface area contributed by atoms with Gasteiger partial charge in [-0.15, -0.1) is 11.3 Å². The van der Waals surface area contributed by atoms with Gasteiger partial charge in [0.05, 0.1) is 21.8 Å². The van der Waals surface area contributed by atoms with E-state index in [1.54, 1.807) is 6.07 Å². The van der Waals surface area contributed by atoms with Gasteiger partial charge in [-0.25, -0.2) is 9.37 Å². The van der Waals surface area contributed by atoms with Crippen LogP contribution in [0.3, 0.4) is 0 Å². The molecular formula is C15H10FN3S2. The van der Waals surface area contributed by atoms with Crippen LogP contribution in [0.1, 0.15) is 11.1 Å². The summed E-state index contributed by atoms with van der Waals surface area (Å²) in [6, 6.07) is 12.0. The molecule has 21 heavy (non-hydrogen) atoms. The van der Waals surface area contributed by atoms with Crippen LogP contribution in [-0.2, 0) is 5.75 Å². The zero-order chi connectivity index (χ0) is 14.8. The second kappa shape index (κ2) is 5.72. The monoisotopic (exact) mass is 315 g/mol. The van der Waals surface area contributed by atoms with Gasteiger partial charge in [-0.3, -0.25) is 0 Å². The number of thiazole rings is 1. The van der Waals surface area contributed by atoms with E-state index in [0.717, 1.165) is 14.6 Å². The van der Waals surface area contributed by atoms with E-state index in [2.05, 4.69) is 4.98 Å². The zero-order valence-corrected chi connectivity index (χ0v) is 12.5. The number of benzene rings is 2. The van der Waals surface area contributed by atoms with Gasteiger partial charge in [0, 0.05) is 11.4 Å². The second-order valence-electron chi connectivity index (χ2n) is 4.41. The molecule has 0 aliphatic heterocycles. The minimum Gasteiger partial charge on any atom is -0.399 e. The van der Waals surface area contributed by atoms with Gasteiger partial charge in [-0.2, -0.15) is 5.26 Å². The molecule has 2 aromatic carbocycles. The van der Waals surface area contributed by atoms with Crippen molar-refractivity contribution in [2.24, 2.45) is 0 Å². The van der Waals surface area contributed by atoms with E-state index in [9.17, 15) is 4.39 Å². The minimum atomic E-state index is -0.299. The largest absolute Gasteiger partial charge is 0.399 e. The van der Waals surface area contributed by atoms with E-state index in [1.807, 2.05) is 24.3 Å². The number of halogens is 1. The third-order valence-electron chi connectivity index (χ3n) is 2.92. The SMILES string of the molecule is N#Cc1ccc(F)c(CSc2nc3ccc(N)cc3s2)c1. The highest BCUT2D eigenvalue weighted by molar-refractivity contribution is 8.00. The van der Waals surface area contributed by atoms with Gasteiger partial charge in [0.25, 0.3) is 0 Å². The third kappa shape index (κ3) is 2.99. The number of nitrogens with two attached hydrogens (primary N) is 1. The van der Waals surface area contributed by atoms with Gasteiger partial charge in [-0.1, -0.05) is 11.8 Å². The van der Waals surface area contributed by atoms with E-state index in [4.69, 9.17) is 11.0 Å². The summed E-state index contributed by atoms with van der Waals surface area (Å²) in [5.41, 5.74) is 8.31. The molecule has 0 saturated heterocycles. The lowest BCUT2D eigenvalue weighted by molar-refractivity contribution is 0.617. The van der Waals surface area contributed by atoms with Crippen LogP contribution < -0.4 is 5.73 Å². The van der Waals surface area contributed by atoms with Crippen molar-refractivity contribution in [1.82, 2.24) is 4.98 Å². The maximum Gasteiger partial charge on any atom is 0.151 e. The smallest absolute Gasteiger partial charge is 0.151 e. The summed E-state index contributed by atoms with van der Waals surface area (Å²) < 4.78 is 15.6. The lowest BCUT2D eigenvalue weighted by atomic mass is 10.1. The Balaban J connectivity index is 1.82. The molecular weight excluding hydrogens is 305 g/mol. The number of fused-ring (bicyclic) bond motifs is 1. The topological polar surface area (TPSA) is 62.7 Å². The Hall–Kier alpha value is -2.10. The highest BCUT2D eigenvalue weighted by Crippen LogP contribution is 2.32. The summed E-state index contributed by atoms with van der Waals surface area (Å²) in [5.74, 6) is 0.142. The molecule has 0 bridgehead atoms. The first-order chi connectivity index (χ1) is 10.2. The molecule has 0 spiro atoms. The van der Waals surface area contributed by atoms with Crippen molar-refractivity contribution in [3.05, 3.63) is 53.3 Å². The number of anilines is 1. The summed E-state index contributed by atoms with van der Waals surface area (Å²) >= 11 is 2.99. The van der Waals surface area contributed by atoms with Crippen molar-refractivity contribution in [1.29, 1.82) is 5.26 Å². The van der Waals surface area contributed by atoms with Gasteiger partial charge in [0.2, 0.25) is 0 Å². The molecule has 0 aliphatic carbocycles. The zero-order valence-electron chi connectivity index (χ0n) is 10.8. The number of thioether (sulfide) groups is 1. The Kier molecular flexibility index (Phi) is 3.78. The molecule has 3 nitrogen and oxygen atoms in total. The van der Waals surface area contributed by atoms with Crippen LogP contribution in [0.15, 0.2) is 40.7 Å². The number of nitrogen functional groups attached to an aromatic ring is 1. The fourth-order valence-electron chi connectivity index (χ4n) is 1.88. The summed E-state index contributed by atoms with van der Waals surface area (Å²) in [5, 5.41) is 8.86. The van der Waals surface area contributed by atoms with Gasteiger partial charge < -0.3 is 5.73 Å². The minimum absolute atomic E-state index is 0.299. The Morgan fingerprint density at radius 1 is 1.29 bits per heavy atom. The maximum absolute atomic E-state index is 13.7. The summed E-state index contributed by atoms with van der Waals surface area (Å²) in [7, 11) is 0. The fraction of sp³-hybridized carbons (Fsp3) is 0.0667. The quantitative estimate of drug-likeness (QED) is 0.581. The number of hydrogen-bond donors (Lipinski definition) is 1. The van der Waals surface area contributed by atoms with Gasteiger partial charge in [-0.05, 0) is 42.0 Å². The van der Waals surface area contributed by atoms with Gasteiger partial charge >= 0.3 is 0 Å². The lowest BCUT2D eigenvalue weighted by Crippen LogP contribution is -1.89. The summed E-state index contributed by atoms with van der Waals surface area (Å²) in [4.78, 5) is 4.48. The average molecular weight is 315 g/mol. The molecule has 0 aliphatic rings. The van der Waals surface area contributed by atoms with E-state index >= 15 is 0 Å². The van der Waals surface area contributed by atoms with Crippen LogP contribution >= 0.6 is 23.1 Å². The van der Waals surface area contributed by atoms with Gasteiger partial charge in [0.15, 0.2) is 4.34 Å². The normalized spacial score (nSPS) is 10.7. The van der Waals surface area contributed by atoms with Crippen molar-refractivity contribution < 1.29 is 4.39 Å². The molecule has 0 saturated carbocycles. The molecule has 3 rings (SSSR count). The number of nitrogens with zero attached hydrogens (tertiary/aromatic N) is 2. The van der Waals surface area contributed by atoms with Crippen molar-refractivity contribution in [2.75, 3.05) is 5.73 Å². The molecule has 0 unspecified atom stereocenters. The predicted octanol–water partition coefficient (Wildman–Crippen LogP) is 4.18. The average Bonchev–Trinajstić information content (AvgIpc) is 2.88. The maximum atomic E-state index is 13.7. The first-order valence-corrected chi connectivity index (χ1v) is 7.93. The van der Waals surface area contributed by atoms with E-state index in [-0.39, 0.29) is 5.82 Å². The van der Waals surface area contributed by atoms with Crippen molar-refractivity contribution in [3.63, 3.8) is 0 Å². The van der Waals surface area contributed by atoms with Crippen LogP contribution in [-0.4, -0.2) is 4.98 Å². The Morgan fingerprint density at radius 2 is 2.14 bits per heavy atom. The van der Waals surface area contributed by atoms with Crippen LogP contribution in [0, 0.1) is 17.1 Å². The number of nitriles is 1. The highest BCUT2D eigenvalue weighted by atomic mass is 32.2. The number of hydrogen-bond acceptors (Lipinski definition) is 5. The molecule has 6 heteroatoms. The molecule has 104 valence electrons. The van der Waals surface area contributed by atoms with Gasteiger partial charge in [0.1, 0.15) is 5.82 Å². The lowest BCUT2D eigenvalue weighted by Gasteiger charge is -2.01. The molecule has 3 aromatic rings. The summed E-state index contributed by atoms with van der Waals surface area (Å²) in [6.45, 7) is 0. The van der Waals surface area contributed by atoms with Crippen LogP contribution in [0.2, 0.25) is 0 Å². The first-order valence-electron chi connectivity index (χ1n) is 6.13. The number of rotatable bonds is 3. The fourth-order valence-corrected chi connectivity index (χ4v) is 3.97. The highest BCUT2D eigenvalue weighted by Gasteiger charge is 2.08. The van der Waals surface area contributed by atoms with Crippen molar-refractivity contribution in [2.45, 2.75) is 10.1 Å². The molecule has 0 amide bonds. The van der Waals surface area contributed by atoms with Crippen LogP contribution in [0.25, 0.3) is 10.2 Å². The number of aromatic nitrogens is 1. The Morgan fingerprint density at radius 3 is 2.95 bits per heavy atom. The second-order valence-corrected chi connectivity index (χ2v) is 6.67. The third-order valence-corrected chi connectivity index (χ3v) is 5.13. The standard InChI is InChI=1S/C15H10FN3S2/c16-12-3-1-9(7-17)5-10(12)8-20-15-19-13-4-2-11(18)6-14(13)21-15/h1-6H,8,18H2. The molecule has 0 atom stereocenters. The Labute approximate surface area is 129 Å². The predicted molar refractivity (Wildman–Crippen MR) is 84.7 cm³/mol. The first kappa shape index (κ1) is 13.9. The summed E-state index contributed by atoms with van der Waals surface area (Å²) in [6.07, 6.45) is 0. The van der Waals surface area contributed by atoms with Crippen LogP contribution in [0.5, 0.6) is 0 Å². The van der Waals surface area contributed by atoms with E-state index < -0.39 is 0 Å². The van der Waals surface area contributed by atoms with Crippen molar-refractivity contribution in [3.8, 4) is 6.07 Å². The van der Waals surface area contributed by atoms with E-state index in [0.29, 0.717) is 22.6 Å². The van der Waals surface area contributed by atoms with Crippen molar-refractivity contribution >= 4 is 39.0 Å². The molecule has 0 radical (unpaired) electrons. The molecule has 1 aromatic heterocycles. The molecule has 1 heterocycles. The molecule has 0 fully saturated rings. The Bertz CT molecular complexity index is 852. The van der Waals surface area contributed by atoms with E-state index in [1.165, 1.54) is 35.2 Å².